The quantitative estimate of drug-likeness (QED) is 0.0553. The van der Waals surface area contributed by atoms with Crippen LogP contribution in [-0.4, -0.2) is 92.6 Å². The number of aromatic nitrogens is 2. The largest absolute Gasteiger partial charge is 0.480 e. The Morgan fingerprint density at radius 2 is 1.70 bits per heavy atom. The third-order valence-electron chi connectivity index (χ3n) is 5.00. The number of aliphatic hydroxyl groups excluding tert-OH is 1. The first-order valence-electron chi connectivity index (χ1n) is 11.2. The van der Waals surface area contributed by atoms with Gasteiger partial charge in [-0.2, -0.15) is 0 Å². The van der Waals surface area contributed by atoms with Crippen LogP contribution in [0.25, 0.3) is 0 Å². The topological polar surface area (TPSA) is 307 Å². The Labute approximate surface area is 211 Å². The van der Waals surface area contributed by atoms with E-state index in [1.165, 1.54) is 19.4 Å². The molecule has 0 saturated carbocycles. The highest BCUT2D eigenvalue weighted by Crippen LogP contribution is 2.04. The molecule has 1 rings (SSSR count). The van der Waals surface area contributed by atoms with Crippen molar-refractivity contribution in [2.45, 2.75) is 62.9 Å². The van der Waals surface area contributed by atoms with Gasteiger partial charge >= 0.3 is 5.97 Å². The van der Waals surface area contributed by atoms with Gasteiger partial charge in [-0.25, -0.2) is 9.78 Å². The molecule has 1 aromatic rings. The number of nitrogens with one attached hydrogen (secondary N) is 4. The molecule has 1 aromatic heterocycles. The van der Waals surface area contributed by atoms with Crippen LogP contribution in [0, 0.1) is 0 Å². The van der Waals surface area contributed by atoms with E-state index in [2.05, 4.69) is 25.6 Å². The van der Waals surface area contributed by atoms with E-state index in [1.54, 1.807) is 0 Å². The van der Waals surface area contributed by atoms with Crippen molar-refractivity contribution in [2.75, 3.05) is 6.54 Å². The number of primary amides is 1. The molecule has 0 fully saturated rings. The number of aliphatic imine (C=N–C) groups is 1. The highest BCUT2D eigenvalue weighted by Gasteiger charge is 2.33. The standard InChI is InChI=1S/C20H34N10O7/c1-9(31)15(18(35)29-13(19(36)37)6-14(22)32)30-17(34)12(5-10-7-25-8-27-10)28-16(33)11(21)3-2-4-26-20(23)24/h7-9,11-13,15,31H,2-6,21H2,1H3,(H2,22,32)(H,25,27)(H,28,33)(H,29,35)(H,30,34)(H,36,37)(H4,23,24,26). The lowest BCUT2D eigenvalue weighted by Crippen LogP contribution is -2.60. The highest BCUT2D eigenvalue weighted by molar-refractivity contribution is 5.95. The SMILES string of the molecule is CC(O)C(NC(=O)C(Cc1cnc[nH]1)NC(=O)C(N)CCCN=C(N)N)C(=O)NC(CC(N)=O)C(=O)O. The number of nitrogens with zero attached hydrogens (tertiary/aromatic N) is 2. The molecule has 0 aliphatic heterocycles. The molecule has 4 amide bonds. The van der Waals surface area contributed by atoms with Crippen LogP contribution in [0.2, 0.25) is 0 Å². The number of amides is 4. The summed E-state index contributed by atoms with van der Waals surface area (Å²) in [5.41, 5.74) is 21.9. The fourth-order valence-corrected chi connectivity index (χ4v) is 3.08. The van der Waals surface area contributed by atoms with E-state index in [1.807, 2.05) is 5.32 Å². The second kappa shape index (κ2) is 15.0. The molecule has 37 heavy (non-hydrogen) atoms. The molecule has 206 valence electrons. The Balaban J connectivity index is 2.96. The summed E-state index contributed by atoms with van der Waals surface area (Å²) in [6.45, 7) is 1.43. The Morgan fingerprint density at radius 1 is 1.05 bits per heavy atom. The summed E-state index contributed by atoms with van der Waals surface area (Å²) in [5.74, 6) is -5.26. The van der Waals surface area contributed by atoms with Gasteiger partial charge in [-0.3, -0.25) is 24.2 Å². The van der Waals surface area contributed by atoms with Crippen molar-refractivity contribution in [2.24, 2.45) is 27.9 Å². The molecular weight excluding hydrogens is 492 g/mol. The third-order valence-corrected chi connectivity index (χ3v) is 5.00. The Kier molecular flexibility index (Phi) is 12.5. The van der Waals surface area contributed by atoms with Crippen LogP contribution in [0.5, 0.6) is 0 Å². The molecule has 0 radical (unpaired) electrons. The second-order valence-electron chi connectivity index (χ2n) is 8.19. The van der Waals surface area contributed by atoms with Crippen LogP contribution < -0.4 is 38.9 Å². The zero-order valence-electron chi connectivity index (χ0n) is 20.2. The van der Waals surface area contributed by atoms with Crippen LogP contribution in [-0.2, 0) is 30.4 Å². The van der Waals surface area contributed by atoms with Crippen molar-refractivity contribution in [3.8, 4) is 0 Å². The number of aromatic amines is 1. The zero-order chi connectivity index (χ0) is 28.1. The van der Waals surface area contributed by atoms with E-state index >= 15 is 0 Å². The van der Waals surface area contributed by atoms with E-state index in [0.717, 1.165) is 0 Å². The Hall–Kier alpha value is -4.25. The number of aliphatic hydroxyl groups is 1. The van der Waals surface area contributed by atoms with Gasteiger partial charge in [0.15, 0.2) is 5.96 Å². The summed E-state index contributed by atoms with van der Waals surface area (Å²) >= 11 is 0. The second-order valence-corrected chi connectivity index (χ2v) is 8.19. The molecule has 14 N–H and O–H groups in total. The lowest BCUT2D eigenvalue weighted by atomic mass is 10.1. The summed E-state index contributed by atoms with van der Waals surface area (Å²) in [7, 11) is 0. The van der Waals surface area contributed by atoms with Gasteiger partial charge in [-0.1, -0.05) is 0 Å². The number of imidazole rings is 1. The molecule has 0 saturated heterocycles. The van der Waals surface area contributed by atoms with Gasteiger partial charge in [0.1, 0.15) is 18.1 Å². The van der Waals surface area contributed by atoms with Crippen LogP contribution in [0.1, 0.15) is 31.9 Å². The van der Waals surface area contributed by atoms with Crippen LogP contribution >= 0.6 is 0 Å². The average Bonchev–Trinajstić information content (AvgIpc) is 3.31. The lowest BCUT2D eigenvalue weighted by Gasteiger charge is -2.26. The molecule has 0 bridgehead atoms. The molecule has 0 aliphatic rings. The van der Waals surface area contributed by atoms with Crippen molar-refractivity contribution in [3.05, 3.63) is 18.2 Å². The fraction of sp³-hybridized carbons (Fsp3) is 0.550. The summed E-state index contributed by atoms with van der Waals surface area (Å²) in [4.78, 5) is 71.2. The maximum Gasteiger partial charge on any atom is 0.326 e. The molecule has 0 aliphatic carbocycles. The number of H-pyrrole nitrogens is 1. The van der Waals surface area contributed by atoms with Crippen LogP contribution in [0.3, 0.4) is 0 Å². The smallest absolute Gasteiger partial charge is 0.326 e. The molecule has 17 nitrogen and oxygen atoms in total. The monoisotopic (exact) mass is 526 g/mol. The molecule has 1 heterocycles. The van der Waals surface area contributed by atoms with Crippen molar-refractivity contribution in [3.63, 3.8) is 0 Å². The van der Waals surface area contributed by atoms with Crippen molar-refractivity contribution in [1.29, 1.82) is 0 Å². The molecule has 5 unspecified atom stereocenters. The number of guanidine groups is 1. The van der Waals surface area contributed by atoms with E-state index in [4.69, 9.17) is 22.9 Å². The predicted octanol–water partition coefficient (Wildman–Crippen LogP) is -4.87. The van der Waals surface area contributed by atoms with E-state index < -0.39 is 66.3 Å². The first-order valence-corrected chi connectivity index (χ1v) is 11.2. The van der Waals surface area contributed by atoms with Crippen molar-refractivity contribution in [1.82, 2.24) is 25.9 Å². The molecule has 5 atom stereocenters. The van der Waals surface area contributed by atoms with Gasteiger partial charge in [-0.15, -0.1) is 0 Å². The molecule has 0 aromatic carbocycles. The first-order chi connectivity index (χ1) is 17.3. The number of carbonyl (C=O) groups excluding carboxylic acids is 4. The van der Waals surface area contributed by atoms with E-state index in [9.17, 15) is 34.2 Å². The fourth-order valence-electron chi connectivity index (χ4n) is 3.08. The maximum absolute atomic E-state index is 13.1. The van der Waals surface area contributed by atoms with Gasteiger partial charge in [-0.05, 0) is 19.8 Å². The summed E-state index contributed by atoms with van der Waals surface area (Å²) in [5, 5.41) is 26.1. The number of carboxylic acid groups (broad SMARTS) is 1. The Morgan fingerprint density at radius 3 is 2.22 bits per heavy atom. The number of carboxylic acids is 1. The van der Waals surface area contributed by atoms with Crippen molar-refractivity contribution < 1.29 is 34.2 Å². The zero-order valence-corrected chi connectivity index (χ0v) is 20.2. The highest BCUT2D eigenvalue weighted by atomic mass is 16.4. The number of hydrogen-bond donors (Lipinski definition) is 10. The van der Waals surface area contributed by atoms with Gasteiger partial charge in [0.25, 0.3) is 0 Å². The number of rotatable bonds is 16. The van der Waals surface area contributed by atoms with Gasteiger partial charge < -0.3 is 54.1 Å². The van der Waals surface area contributed by atoms with Gasteiger partial charge in [0.2, 0.25) is 23.6 Å². The third kappa shape index (κ3) is 11.4. The van der Waals surface area contributed by atoms with Crippen LogP contribution in [0.4, 0.5) is 0 Å². The van der Waals surface area contributed by atoms with Gasteiger partial charge in [0, 0.05) is 24.9 Å². The van der Waals surface area contributed by atoms with E-state index in [-0.39, 0.29) is 25.3 Å². The lowest BCUT2D eigenvalue weighted by molar-refractivity contribution is -0.144. The number of hydrogen-bond acceptors (Lipinski definition) is 9. The molecular formula is C20H34N10O7. The van der Waals surface area contributed by atoms with Gasteiger partial charge in [0.05, 0.1) is 24.9 Å². The maximum atomic E-state index is 13.1. The number of nitrogens with two attached hydrogens (primary N) is 4. The predicted molar refractivity (Wildman–Crippen MR) is 129 cm³/mol. The van der Waals surface area contributed by atoms with Crippen molar-refractivity contribution >= 4 is 35.6 Å². The minimum absolute atomic E-state index is 0.0775. The average molecular weight is 527 g/mol. The summed E-state index contributed by atoms with van der Waals surface area (Å²) in [6, 6.07) is -5.57. The van der Waals surface area contributed by atoms with E-state index in [0.29, 0.717) is 12.1 Å². The normalized spacial score (nSPS) is 14.8. The minimum atomic E-state index is -1.68. The first kappa shape index (κ1) is 30.8. The minimum Gasteiger partial charge on any atom is -0.480 e. The summed E-state index contributed by atoms with van der Waals surface area (Å²) in [6.07, 6.45) is 1.11. The molecule has 0 spiro atoms. The Bertz CT molecular complexity index is 963. The summed E-state index contributed by atoms with van der Waals surface area (Å²) < 4.78 is 0. The number of aliphatic carboxylic acids is 1. The molecule has 17 heteroatoms. The van der Waals surface area contributed by atoms with Crippen LogP contribution in [0.15, 0.2) is 17.5 Å². The number of carbonyl (C=O) groups is 5.